The van der Waals surface area contributed by atoms with Crippen molar-refractivity contribution in [3.63, 3.8) is 0 Å². The molecule has 24 heavy (non-hydrogen) atoms. The second-order valence-corrected chi connectivity index (χ2v) is 8.19. The van der Waals surface area contributed by atoms with Crippen molar-refractivity contribution in [1.29, 1.82) is 0 Å². The zero-order chi connectivity index (χ0) is 17.1. The number of carbonyl (C=O) groups is 1. The van der Waals surface area contributed by atoms with Gasteiger partial charge in [0.15, 0.2) is 0 Å². The number of amides is 1. The van der Waals surface area contributed by atoms with E-state index in [9.17, 15) is 9.18 Å². The maximum Gasteiger partial charge on any atom is 0.242 e. The molecule has 0 radical (unpaired) electrons. The van der Waals surface area contributed by atoms with E-state index in [1.807, 2.05) is 17.0 Å². The zero-order valence-electron chi connectivity index (χ0n) is 14.4. The molecule has 0 saturated carbocycles. The minimum absolute atomic E-state index is 0.0378. The van der Waals surface area contributed by atoms with Gasteiger partial charge in [-0.25, -0.2) is 4.39 Å². The second kappa shape index (κ2) is 5.53. The minimum Gasteiger partial charge on any atom is -0.336 e. The van der Waals surface area contributed by atoms with Crippen molar-refractivity contribution in [2.45, 2.75) is 50.2 Å². The number of halogens is 1. The van der Waals surface area contributed by atoms with E-state index < -0.39 is 5.54 Å². The van der Waals surface area contributed by atoms with Crippen molar-refractivity contribution in [2.24, 2.45) is 11.7 Å². The smallest absolute Gasteiger partial charge is 0.242 e. The van der Waals surface area contributed by atoms with Gasteiger partial charge < -0.3 is 10.6 Å². The van der Waals surface area contributed by atoms with Crippen molar-refractivity contribution in [3.8, 4) is 0 Å². The highest BCUT2D eigenvalue weighted by molar-refractivity contribution is 5.86. The molecule has 2 N–H and O–H groups in total. The van der Waals surface area contributed by atoms with Crippen LogP contribution in [0.1, 0.15) is 38.2 Å². The molecule has 5 rings (SSSR count). The predicted molar refractivity (Wildman–Crippen MR) is 91.0 cm³/mol. The average molecular weight is 331 g/mol. The van der Waals surface area contributed by atoms with Crippen LogP contribution in [0.15, 0.2) is 24.3 Å². The molecule has 130 valence electrons. The SMILES string of the molecule is CC(C)(N)C(=O)N1C[C@H](c2ccc(F)cc2)[C@H]2[C@@H]1C1CCN2CC1. The number of piperidine rings is 3. The van der Waals surface area contributed by atoms with E-state index in [1.54, 1.807) is 13.8 Å². The number of likely N-dealkylation sites (tertiary alicyclic amines) is 1. The summed E-state index contributed by atoms with van der Waals surface area (Å²) < 4.78 is 13.3. The van der Waals surface area contributed by atoms with Crippen LogP contribution in [0, 0.1) is 11.7 Å². The summed E-state index contributed by atoms with van der Waals surface area (Å²) in [5, 5.41) is 0. The van der Waals surface area contributed by atoms with Crippen LogP contribution in [0.25, 0.3) is 0 Å². The molecule has 2 bridgehead atoms. The van der Waals surface area contributed by atoms with Crippen LogP contribution in [-0.2, 0) is 4.79 Å². The van der Waals surface area contributed by atoms with Crippen molar-refractivity contribution in [2.75, 3.05) is 19.6 Å². The summed E-state index contributed by atoms with van der Waals surface area (Å²) in [4.78, 5) is 17.5. The number of fused-ring (bicyclic) bond motifs is 2. The summed E-state index contributed by atoms with van der Waals surface area (Å²) >= 11 is 0. The molecule has 1 aromatic rings. The van der Waals surface area contributed by atoms with Crippen LogP contribution in [0.2, 0.25) is 0 Å². The number of rotatable bonds is 2. The fourth-order valence-electron chi connectivity index (χ4n) is 5.03. The van der Waals surface area contributed by atoms with Gasteiger partial charge in [0, 0.05) is 18.5 Å². The van der Waals surface area contributed by atoms with E-state index >= 15 is 0 Å². The standard InChI is InChI=1S/C19H26FN3O/c1-19(2,21)18(24)23-11-15(12-3-5-14(20)6-4-12)17-16(23)13-7-9-22(17)10-8-13/h3-6,13,15-17H,7-11,21H2,1-2H3/t15-,16+,17+/m1/s1. The highest BCUT2D eigenvalue weighted by atomic mass is 19.1. The third kappa shape index (κ3) is 2.45. The molecular weight excluding hydrogens is 305 g/mol. The molecule has 4 nitrogen and oxygen atoms in total. The Balaban J connectivity index is 1.71. The molecular formula is C19H26FN3O. The van der Waals surface area contributed by atoms with E-state index in [0.29, 0.717) is 18.5 Å². The van der Waals surface area contributed by atoms with Gasteiger partial charge in [0.25, 0.3) is 0 Å². The van der Waals surface area contributed by atoms with Crippen molar-refractivity contribution in [1.82, 2.24) is 9.80 Å². The van der Waals surface area contributed by atoms with Crippen LogP contribution in [0.3, 0.4) is 0 Å². The molecule has 0 aliphatic carbocycles. The molecule has 4 aliphatic heterocycles. The molecule has 4 heterocycles. The predicted octanol–water partition coefficient (Wildman–Crippen LogP) is 1.95. The first-order valence-electron chi connectivity index (χ1n) is 8.96. The molecule has 0 spiro atoms. The van der Waals surface area contributed by atoms with Crippen molar-refractivity contribution < 1.29 is 9.18 Å². The third-order valence-electron chi connectivity index (χ3n) is 6.10. The molecule has 1 aromatic carbocycles. The first kappa shape index (κ1) is 16.0. The fraction of sp³-hybridized carbons (Fsp3) is 0.632. The summed E-state index contributed by atoms with van der Waals surface area (Å²) in [6.45, 7) is 6.48. The van der Waals surface area contributed by atoms with E-state index in [1.165, 1.54) is 12.1 Å². The largest absolute Gasteiger partial charge is 0.336 e. The van der Waals surface area contributed by atoms with Gasteiger partial charge in [-0.05, 0) is 63.4 Å². The summed E-state index contributed by atoms with van der Waals surface area (Å²) in [6, 6.07) is 7.40. The first-order valence-corrected chi connectivity index (χ1v) is 8.96. The van der Waals surface area contributed by atoms with Gasteiger partial charge in [-0.3, -0.25) is 9.69 Å². The molecule has 3 atom stereocenters. The molecule has 1 amide bonds. The third-order valence-corrected chi connectivity index (χ3v) is 6.10. The quantitative estimate of drug-likeness (QED) is 0.901. The molecule has 5 heteroatoms. The number of hydrogen-bond acceptors (Lipinski definition) is 3. The van der Waals surface area contributed by atoms with Gasteiger partial charge in [-0.1, -0.05) is 12.1 Å². The van der Waals surface area contributed by atoms with E-state index in [2.05, 4.69) is 4.90 Å². The van der Waals surface area contributed by atoms with Gasteiger partial charge >= 0.3 is 0 Å². The second-order valence-electron chi connectivity index (χ2n) is 8.19. The molecule has 4 aliphatic rings. The lowest BCUT2D eigenvalue weighted by Crippen LogP contribution is -2.63. The normalized spacial score (nSPS) is 35.2. The Labute approximate surface area is 142 Å². The topological polar surface area (TPSA) is 49.6 Å². The van der Waals surface area contributed by atoms with Crippen LogP contribution in [0.4, 0.5) is 4.39 Å². The molecule has 0 aromatic heterocycles. The van der Waals surface area contributed by atoms with Crippen LogP contribution < -0.4 is 5.73 Å². The van der Waals surface area contributed by atoms with Crippen LogP contribution in [-0.4, -0.2) is 53.0 Å². The number of carbonyl (C=O) groups excluding carboxylic acids is 1. The zero-order valence-corrected chi connectivity index (χ0v) is 14.4. The van der Waals surface area contributed by atoms with Crippen molar-refractivity contribution in [3.05, 3.63) is 35.6 Å². The summed E-state index contributed by atoms with van der Waals surface area (Å²) in [5.41, 5.74) is 6.40. The molecule has 4 saturated heterocycles. The number of nitrogens with zero attached hydrogens (tertiary/aromatic N) is 2. The maximum absolute atomic E-state index is 13.3. The fourth-order valence-corrected chi connectivity index (χ4v) is 5.03. The Morgan fingerprint density at radius 2 is 1.79 bits per heavy atom. The summed E-state index contributed by atoms with van der Waals surface area (Å²) in [6.07, 6.45) is 2.32. The number of benzene rings is 1. The van der Waals surface area contributed by atoms with E-state index in [-0.39, 0.29) is 23.7 Å². The van der Waals surface area contributed by atoms with Crippen LogP contribution >= 0.6 is 0 Å². The van der Waals surface area contributed by atoms with Crippen LogP contribution in [0.5, 0.6) is 0 Å². The monoisotopic (exact) mass is 331 g/mol. The Kier molecular flexibility index (Phi) is 3.69. The van der Waals surface area contributed by atoms with Crippen molar-refractivity contribution >= 4 is 5.91 Å². The average Bonchev–Trinajstić information content (AvgIpc) is 2.97. The maximum atomic E-state index is 13.3. The Hall–Kier alpha value is -1.46. The van der Waals surface area contributed by atoms with Gasteiger partial charge in [0.1, 0.15) is 5.82 Å². The number of nitrogens with two attached hydrogens (primary N) is 1. The highest BCUT2D eigenvalue weighted by Gasteiger charge is 2.55. The lowest BCUT2D eigenvalue weighted by atomic mass is 9.75. The Bertz CT molecular complexity index is 631. The molecule has 4 fully saturated rings. The van der Waals surface area contributed by atoms with Gasteiger partial charge in [-0.15, -0.1) is 0 Å². The minimum atomic E-state index is -0.853. The molecule has 0 unspecified atom stereocenters. The number of hydrogen-bond donors (Lipinski definition) is 1. The Morgan fingerprint density at radius 3 is 2.38 bits per heavy atom. The summed E-state index contributed by atoms with van der Waals surface area (Å²) in [5.74, 6) is 0.632. The Morgan fingerprint density at radius 1 is 1.17 bits per heavy atom. The first-order chi connectivity index (χ1) is 11.4. The van der Waals surface area contributed by atoms with E-state index in [0.717, 1.165) is 31.5 Å². The summed E-state index contributed by atoms with van der Waals surface area (Å²) in [7, 11) is 0. The van der Waals surface area contributed by atoms with E-state index in [4.69, 9.17) is 5.73 Å². The highest BCUT2D eigenvalue weighted by Crippen LogP contribution is 2.46. The lowest BCUT2D eigenvalue weighted by molar-refractivity contribution is -0.140. The van der Waals surface area contributed by atoms with Gasteiger partial charge in [-0.2, -0.15) is 0 Å². The van der Waals surface area contributed by atoms with Gasteiger partial charge in [0.2, 0.25) is 5.91 Å². The lowest BCUT2D eigenvalue weighted by Gasteiger charge is -2.51. The van der Waals surface area contributed by atoms with Gasteiger partial charge in [0.05, 0.1) is 11.6 Å².